The highest BCUT2D eigenvalue weighted by molar-refractivity contribution is 6.22. The standard InChI is InChI=1S/C30H33N3O7/c1-5-40-23-12-10-21(11-13-23)31-28(34)19-25-29(35)33(22-7-6-8-24(18-22)37-2)30(36)32(25)16-15-20-9-14-26(38-3)27(17-20)39-4/h6-14,17-18,25H,5,15-16,19H2,1-4H3,(H,31,34). The Morgan fingerprint density at radius 2 is 1.62 bits per heavy atom. The first-order valence-electron chi connectivity index (χ1n) is 12.9. The Labute approximate surface area is 233 Å². The van der Waals surface area contributed by atoms with Crippen molar-refractivity contribution in [2.24, 2.45) is 0 Å². The monoisotopic (exact) mass is 547 g/mol. The van der Waals surface area contributed by atoms with Crippen LogP contribution in [0, 0.1) is 0 Å². The van der Waals surface area contributed by atoms with E-state index in [9.17, 15) is 14.4 Å². The van der Waals surface area contributed by atoms with Gasteiger partial charge in [0.05, 0.1) is 40.0 Å². The molecule has 1 atom stereocenters. The highest BCUT2D eigenvalue weighted by atomic mass is 16.5. The van der Waals surface area contributed by atoms with E-state index in [0.29, 0.717) is 47.4 Å². The van der Waals surface area contributed by atoms with Crippen molar-refractivity contribution >= 4 is 29.2 Å². The molecule has 40 heavy (non-hydrogen) atoms. The molecule has 3 aromatic carbocycles. The van der Waals surface area contributed by atoms with Gasteiger partial charge in [-0.15, -0.1) is 0 Å². The molecule has 0 aromatic heterocycles. The fourth-order valence-electron chi connectivity index (χ4n) is 4.55. The molecule has 0 spiro atoms. The maximum absolute atomic E-state index is 13.6. The van der Waals surface area contributed by atoms with Crippen molar-refractivity contribution in [3.8, 4) is 23.0 Å². The minimum absolute atomic E-state index is 0.204. The second kappa shape index (κ2) is 12.9. The van der Waals surface area contributed by atoms with E-state index < -0.39 is 18.0 Å². The fraction of sp³-hybridized carbons (Fsp3) is 0.300. The molecular weight excluding hydrogens is 514 g/mol. The summed E-state index contributed by atoms with van der Waals surface area (Å²) < 4.78 is 21.4. The lowest BCUT2D eigenvalue weighted by Crippen LogP contribution is -2.39. The van der Waals surface area contributed by atoms with Gasteiger partial charge in [-0.3, -0.25) is 9.59 Å². The zero-order chi connectivity index (χ0) is 28.6. The summed E-state index contributed by atoms with van der Waals surface area (Å²) in [6.45, 7) is 2.63. The Morgan fingerprint density at radius 3 is 2.30 bits per heavy atom. The van der Waals surface area contributed by atoms with E-state index in [1.165, 1.54) is 12.0 Å². The van der Waals surface area contributed by atoms with Gasteiger partial charge >= 0.3 is 6.03 Å². The summed E-state index contributed by atoms with van der Waals surface area (Å²) in [4.78, 5) is 42.8. The smallest absolute Gasteiger partial charge is 0.332 e. The van der Waals surface area contributed by atoms with Crippen molar-refractivity contribution < 1.29 is 33.3 Å². The summed E-state index contributed by atoms with van der Waals surface area (Å²) in [6, 6.07) is 17.7. The summed E-state index contributed by atoms with van der Waals surface area (Å²) >= 11 is 0. The molecule has 4 rings (SSSR count). The molecule has 1 saturated heterocycles. The molecule has 1 heterocycles. The minimum Gasteiger partial charge on any atom is -0.497 e. The molecule has 3 aromatic rings. The van der Waals surface area contributed by atoms with Crippen molar-refractivity contribution in [3.63, 3.8) is 0 Å². The zero-order valence-electron chi connectivity index (χ0n) is 23.0. The van der Waals surface area contributed by atoms with Crippen LogP contribution in [0.25, 0.3) is 0 Å². The van der Waals surface area contributed by atoms with Gasteiger partial charge in [-0.2, -0.15) is 0 Å². The van der Waals surface area contributed by atoms with E-state index in [4.69, 9.17) is 18.9 Å². The summed E-state index contributed by atoms with van der Waals surface area (Å²) in [6.07, 6.45) is 0.229. The third-order valence-electron chi connectivity index (χ3n) is 6.55. The topological polar surface area (TPSA) is 107 Å². The van der Waals surface area contributed by atoms with Crippen molar-refractivity contribution in [1.82, 2.24) is 4.90 Å². The molecule has 0 aliphatic carbocycles. The number of benzene rings is 3. The first-order chi connectivity index (χ1) is 19.4. The number of carbonyl (C=O) groups is 3. The van der Waals surface area contributed by atoms with Gasteiger partial charge in [0.2, 0.25) is 5.91 Å². The van der Waals surface area contributed by atoms with Crippen LogP contribution in [0.15, 0.2) is 66.7 Å². The summed E-state index contributed by atoms with van der Waals surface area (Å²) in [7, 11) is 4.62. The van der Waals surface area contributed by atoms with Crippen LogP contribution in [0.3, 0.4) is 0 Å². The molecule has 0 saturated carbocycles. The number of hydrogen-bond acceptors (Lipinski definition) is 7. The minimum atomic E-state index is -0.985. The van der Waals surface area contributed by atoms with Crippen LogP contribution in [0.5, 0.6) is 23.0 Å². The van der Waals surface area contributed by atoms with Crippen molar-refractivity contribution in [1.29, 1.82) is 0 Å². The number of ether oxygens (including phenoxy) is 4. The van der Waals surface area contributed by atoms with E-state index in [1.807, 2.05) is 19.1 Å². The maximum atomic E-state index is 13.6. The molecule has 210 valence electrons. The first kappa shape index (κ1) is 28.3. The third kappa shape index (κ3) is 6.28. The van der Waals surface area contributed by atoms with Crippen molar-refractivity contribution in [2.45, 2.75) is 25.8 Å². The normalized spacial score (nSPS) is 14.8. The number of urea groups is 1. The number of rotatable bonds is 12. The van der Waals surface area contributed by atoms with Gasteiger partial charge in [-0.1, -0.05) is 12.1 Å². The van der Waals surface area contributed by atoms with Crippen LogP contribution in [0.4, 0.5) is 16.2 Å². The number of methoxy groups -OCH3 is 3. The average Bonchev–Trinajstić information content (AvgIpc) is 3.20. The van der Waals surface area contributed by atoms with E-state index >= 15 is 0 Å². The lowest BCUT2D eigenvalue weighted by molar-refractivity contribution is -0.124. The Morgan fingerprint density at radius 1 is 0.875 bits per heavy atom. The quantitative estimate of drug-likeness (QED) is 0.332. The predicted molar refractivity (Wildman–Crippen MR) is 150 cm³/mol. The number of nitrogens with one attached hydrogen (secondary N) is 1. The van der Waals surface area contributed by atoms with Gasteiger partial charge in [0.15, 0.2) is 11.5 Å². The first-order valence-corrected chi connectivity index (χ1v) is 12.9. The molecule has 1 unspecified atom stereocenters. The molecule has 0 bridgehead atoms. The number of amides is 4. The van der Waals surface area contributed by atoms with E-state index in [1.54, 1.807) is 68.8 Å². The molecule has 4 amide bonds. The molecule has 10 heteroatoms. The Bertz CT molecular complexity index is 1360. The van der Waals surface area contributed by atoms with Gasteiger partial charge in [-0.05, 0) is 67.4 Å². The third-order valence-corrected chi connectivity index (χ3v) is 6.55. The molecule has 10 nitrogen and oxygen atoms in total. The van der Waals surface area contributed by atoms with Gasteiger partial charge < -0.3 is 29.2 Å². The van der Waals surface area contributed by atoms with Crippen molar-refractivity contribution in [3.05, 3.63) is 72.3 Å². The van der Waals surface area contributed by atoms with E-state index in [-0.39, 0.29) is 18.9 Å². The lowest BCUT2D eigenvalue weighted by Gasteiger charge is -2.22. The van der Waals surface area contributed by atoms with Gasteiger partial charge in [0.25, 0.3) is 5.91 Å². The van der Waals surface area contributed by atoms with Crippen LogP contribution in [0.1, 0.15) is 18.9 Å². The van der Waals surface area contributed by atoms with Crippen molar-refractivity contribution in [2.75, 3.05) is 44.7 Å². The van der Waals surface area contributed by atoms with Crippen LogP contribution in [-0.2, 0) is 16.0 Å². The molecule has 1 fully saturated rings. The highest BCUT2D eigenvalue weighted by Gasteiger charge is 2.46. The van der Waals surface area contributed by atoms with Gasteiger partial charge in [0, 0.05) is 18.3 Å². The van der Waals surface area contributed by atoms with Gasteiger partial charge in [-0.25, -0.2) is 9.69 Å². The second-order valence-corrected chi connectivity index (χ2v) is 9.02. The van der Waals surface area contributed by atoms with Crippen LogP contribution in [-0.4, -0.2) is 63.3 Å². The number of carbonyl (C=O) groups excluding carboxylic acids is 3. The zero-order valence-corrected chi connectivity index (χ0v) is 23.0. The summed E-state index contributed by atoms with van der Waals surface area (Å²) in [5, 5.41) is 2.81. The predicted octanol–water partition coefficient (Wildman–Crippen LogP) is 4.52. The van der Waals surface area contributed by atoms with E-state index in [0.717, 1.165) is 10.5 Å². The number of hydrogen-bond donors (Lipinski definition) is 1. The van der Waals surface area contributed by atoms with Crippen LogP contribution in [0.2, 0.25) is 0 Å². The lowest BCUT2D eigenvalue weighted by atomic mass is 10.1. The molecular formula is C30H33N3O7. The highest BCUT2D eigenvalue weighted by Crippen LogP contribution is 2.31. The second-order valence-electron chi connectivity index (χ2n) is 9.02. The molecule has 1 N–H and O–H groups in total. The number of nitrogens with zero attached hydrogens (tertiary/aromatic N) is 2. The Balaban J connectivity index is 1.56. The molecule has 1 aliphatic rings. The molecule has 1 aliphatic heterocycles. The fourth-order valence-corrected chi connectivity index (χ4v) is 4.55. The summed E-state index contributed by atoms with van der Waals surface area (Å²) in [5.41, 5.74) is 1.82. The van der Waals surface area contributed by atoms with E-state index in [2.05, 4.69) is 5.32 Å². The summed E-state index contributed by atoms with van der Waals surface area (Å²) in [5.74, 6) is 1.48. The number of anilines is 2. The van der Waals surface area contributed by atoms with Crippen LogP contribution >= 0.6 is 0 Å². The van der Waals surface area contributed by atoms with Gasteiger partial charge in [0.1, 0.15) is 17.5 Å². The Kier molecular flexibility index (Phi) is 9.11. The SMILES string of the molecule is CCOc1ccc(NC(=O)CC2C(=O)N(c3cccc(OC)c3)C(=O)N2CCc2ccc(OC)c(OC)c2)cc1. The molecule has 0 radical (unpaired) electrons. The average molecular weight is 548 g/mol. The maximum Gasteiger partial charge on any atom is 0.332 e. The number of imide groups is 1. The largest absolute Gasteiger partial charge is 0.497 e. The Hall–Kier alpha value is -4.73. The van der Waals surface area contributed by atoms with Crippen LogP contribution < -0.4 is 29.2 Å².